The van der Waals surface area contributed by atoms with Crippen LogP contribution >= 0.6 is 20.8 Å². The summed E-state index contributed by atoms with van der Waals surface area (Å²) in [5.41, 5.74) is 1.22. The Hall–Kier alpha value is -2.83. The first-order valence-corrected chi connectivity index (χ1v) is 13.1. The summed E-state index contributed by atoms with van der Waals surface area (Å²) in [6, 6.07) is 5.34. The lowest BCUT2D eigenvalue weighted by Crippen LogP contribution is -2.30. The lowest BCUT2D eigenvalue weighted by molar-refractivity contribution is -0.122. The van der Waals surface area contributed by atoms with Crippen molar-refractivity contribution >= 4 is 54.5 Å². The Bertz CT molecular complexity index is 1260. The van der Waals surface area contributed by atoms with Gasteiger partial charge in [0.1, 0.15) is 5.82 Å². The number of amides is 1. The van der Waals surface area contributed by atoms with E-state index in [0.29, 0.717) is 16.7 Å². The van der Waals surface area contributed by atoms with Crippen LogP contribution < -0.4 is 26.2 Å². The molecule has 1 aliphatic heterocycles. The van der Waals surface area contributed by atoms with E-state index in [1.54, 1.807) is 16.7 Å². The molecule has 1 amide bonds. The van der Waals surface area contributed by atoms with Gasteiger partial charge in [-0.3, -0.25) is 9.59 Å². The van der Waals surface area contributed by atoms with Gasteiger partial charge in [0, 0.05) is 42.6 Å². The van der Waals surface area contributed by atoms with Crippen molar-refractivity contribution in [2.75, 3.05) is 32.1 Å². The quantitative estimate of drug-likeness (QED) is 0.304. The number of fused-ring (bicyclic) bond motifs is 1. The van der Waals surface area contributed by atoms with E-state index in [-0.39, 0.29) is 29.9 Å². The number of nitrogens with zero attached hydrogens (tertiary/aromatic N) is 3. The van der Waals surface area contributed by atoms with Gasteiger partial charge in [0.05, 0.1) is 10.5 Å². The van der Waals surface area contributed by atoms with Gasteiger partial charge in [0.25, 0.3) is 11.5 Å². The fraction of sp³-hybridized carbons (Fsp3) is 0.423. The minimum Gasteiger partial charge on any atom is -0.478 e. The molecule has 0 bridgehead atoms. The number of carbonyl (C=O) groups excluding carboxylic acids is 1. The molecule has 1 aliphatic rings. The molecule has 0 aliphatic carbocycles. The van der Waals surface area contributed by atoms with Crippen LogP contribution in [0.15, 0.2) is 51.5 Å². The van der Waals surface area contributed by atoms with Gasteiger partial charge < -0.3 is 24.8 Å². The number of amidine groups is 1. The van der Waals surface area contributed by atoms with Gasteiger partial charge in [0.2, 0.25) is 0 Å². The Labute approximate surface area is 219 Å². The highest BCUT2D eigenvalue weighted by Crippen LogP contribution is 2.25. The molecule has 1 aromatic carbocycles. The van der Waals surface area contributed by atoms with E-state index >= 15 is 0 Å². The van der Waals surface area contributed by atoms with Gasteiger partial charge in [-0.2, -0.15) is 0 Å². The summed E-state index contributed by atoms with van der Waals surface area (Å²) in [6.45, 7) is 11.5. The fourth-order valence-corrected chi connectivity index (χ4v) is 4.59. The number of aromatic nitrogens is 1. The van der Waals surface area contributed by atoms with E-state index in [1.807, 2.05) is 32.9 Å². The molecule has 2 heterocycles. The number of ether oxygens (including phenoxy) is 1. The summed E-state index contributed by atoms with van der Waals surface area (Å²) in [4.78, 5) is 31.7. The number of pyridine rings is 1. The van der Waals surface area contributed by atoms with Crippen LogP contribution in [0.4, 0.5) is 5.69 Å². The summed E-state index contributed by atoms with van der Waals surface area (Å²) < 4.78 is 7.26. The molecule has 0 saturated carbocycles. The van der Waals surface area contributed by atoms with Gasteiger partial charge in [-0.05, 0) is 58.2 Å². The highest BCUT2D eigenvalue weighted by atomic mass is 35.5. The number of aliphatic imine (C=N–C) groups is 1. The number of carbonyl (C=O) groups is 1. The lowest BCUT2D eigenvalue weighted by Gasteiger charge is -2.28. The van der Waals surface area contributed by atoms with E-state index in [2.05, 4.69) is 31.4 Å². The maximum Gasteiger partial charge on any atom is 0.293 e. The van der Waals surface area contributed by atoms with E-state index in [0.717, 1.165) is 47.8 Å². The number of piperidine rings is 1. The second-order valence-electron chi connectivity index (χ2n) is 8.88. The van der Waals surface area contributed by atoms with Crippen molar-refractivity contribution < 1.29 is 9.53 Å². The molecule has 2 aromatic rings. The van der Waals surface area contributed by atoms with E-state index in [9.17, 15) is 9.59 Å². The summed E-state index contributed by atoms with van der Waals surface area (Å²) in [5, 5.41) is 7.92. The van der Waals surface area contributed by atoms with Crippen LogP contribution in [0.1, 0.15) is 46.1 Å². The molecule has 10 heteroatoms. The summed E-state index contributed by atoms with van der Waals surface area (Å²) in [5.74, 6) is 0.954. The SMILES string of the molecule is C=C(/N=C(Nc1ccc2c(cc(OCC(=O)NC)c(=O)n2C(C)C)c1P)\C(Cl)=C/C)N1CCCCC1. The minimum absolute atomic E-state index is 0.111. The van der Waals surface area contributed by atoms with Crippen molar-refractivity contribution in [1.82, 2.24) is 14.8 Å². The number of hydrogen-bond acceptors (Lipinski definition) is 5. The van der Waals surface area contributed by atoms with Gasteiger partial charge in [-0.1, -0.05) is 24.3 Å². The van der Waals surface area contributed by atoms with E-state index in [1.165, 1.54) is 13.5 Å². The van der Waals surface area contributed by atoms with Gasteiger partial charge >= 0.3 is 0 Å². The van der Waals surface area contributed by atoms with Crippen LogP contribution in [0, 0.1) is 0 Å². The molecule has 1 atom stereocenters. The first-order chi connectivity index (χ1) is 17.2. The molecule has 0 radical (unpaired) electrons. The summed E-state index contributed by atoms with van der Waals surface area (Å²) in [7, 11) is 4.25. The number of rotatable bonds is 8. The molecule has 1 aromatic heterocycles. The smallest absolute Gasteiger partial charge is 0.293 e. The molecule has 2 N–H and O–H groups in total. The van der Waals surface area contributed by atoms with Crippen LogP contribution in [0.5, 0.6) is 5.75 Å². The first-order valence-electron chi connectivity index (χ1n) is 12.1. The number of benzene rings is 1. The van der Waals surface area contributed by atoms with E-state index < -0.39 is 0 Å². The zero-order valence-electron chi connectivity index (χ0n) is 21.4. The minimum atomic E-state index is -0.317. The van der Waals surface area contributed by atoms with Crippen molar-refractivity contribution in [2.45, 2.75) is 46.1 Å². The lowest BCUT2D eigenvalue weighted by atomic mass is 10.1. The maximum absolute atomic E-state index is 13.1. The Morgan fingerprint density at radius 1 is 1.31 bits per heavy atom. The third-order valence-corrected chi connectivity index (χ3v) is 7.10. The van der Waals surface area contributed by atoms with Gasteiger partial charge in [-0.25, -0.2) is 4.99 Å². The normalized spacial score (nSPS) is 14.8. The van der Waals surface area contributed by atoms with Crippen LogP contribution in [0.3, 0.4) is 0 Å². The van der Waals surface area contributed by atoms with Crippen molar-refractivity contribution in [3.05, 3.63) is 52.1 Å². The monoisotopic (exact) mass is 531 g/mol. The molecule has 1 fully saturated rings. The zero-order valence-corrected chi connectivity index (χ0v) is 23.3. The molecule has 194 valence electrons. The first kappa shape index (κ1) is 27.8. The molecule has 1 unspecified atom stereocenters. The highest BCUT2D eigenvalue weighted by Gasteiger charge is 2.18. The predicted octanol–water partition coefficient (Wildman–Crippen LogP) is 4.12. The second kappa shape index (κ2) is 12.4. The predicted molar refractivity (Wildman–Crippen MR) is 153 cm³/mol. The number of halogens is 1. The van der Waals surface area contributed by atoms with Crippen LogP contribution in [-0.4, -0.2) is 48.0 Å². The Morgan fingerprint density at radius 2 is 2.00 bits per heavy atom. The molecule has 36 heavy (non-hydrogen) atoms. The molecule has 0 spiro atoms. The molecular weight excluding hydrogens is 497 g/mol. The van der Waals surface area contributed by atoms with Gasteiger partial charge in [0.15, 0.2) is 18.2 Å². The zero-order chi connectivity index (χ0) is 26.4. The van der Waals surface area contributed by atoms with Crippen molar-refractivity contribution in [3.8, 4) is 5.75 Å². The Kier molecular flexibility index (Phi) is 9.57. The Morgan fingerprint density at radius 3 is 2.61 bits per heavy atom. The molecule has 1 saturated heterocycles. The summed E-state index contributed by atoms with van der Waals surface area (Å²) in [6.07, 6.45) is 5.24. The Balaban J connectivity index is 2.05. The standard InChI is InChI=1S/C26H35ClN5O3P/c1-6-19(27)25(29-17(4)31-12-8-7-9-13-31)30-20-10-11-21-18(24(20)36)14-22(35-15-23(33)28-5)26(34)32(21)16(2)3/h6,10-11,14,16H,4,7-9,12-13,15,36H2,1-3,5H3,(H,28,33)(H,29,30)/b19-6+. The highest BCUT2D eigenvalue weighted by molar-refractivity contribution is 7.29. The number of allylic oxidation sites excluding steroid dienone is 1. The van der Waals surface area contributed by atoms with Crippen LogP contribution in [-0.2, 0) is 4.79 Å². The second-order valence-corrected chi connectivity index (χ2v) is 9.87. The number of likely N-dealkylation sites (N-methyl/N-ethyl adjacent to an activating group) is 1. The van der Waals surface area contributed by atoms with Crippen LogP contribution in [0.2, 0.25) is 0 Å². The number of anilines is 1. The topological polar surface area (TPSA) is 88.0 Å². The van der Waals surface area contributed by atoms with Crippen molar-refractivity contribution in [2.24, 2.45) is 4.99 Å². The molecular formula is C26H35ClN5O3P. The van der Waals surface area contributed by atoms with Gasteiger partial charge in [-0.15, -0.1) is 9.24 Å². The van der Waals surface area contributed by atoms with Crippen LogP contribution in [0.25, 0.3) is 10.9 Å². The average Bonchev–Trinajstić information content (AvgIpc) is 2.88. The summed E-state index contributed by atoms with van der Waals surface area (Å²) >= 11 is 6.53. The third-order valence-electron chi connectivity index (χ3n) is 6.08. The fourth-order valence-electron chi connectivity index (χ4n) is 4.11. The third kappa shape index (κ3) is 6.29. The van der Waals surface area contributed by atoms with Crippen molar-refractivity contribution in [3.63, 3.8) is 0 Å². The van der Waals surface area contributed by atoms with E-state index in [4.69, 9.17) is 21.3 Å². The maximum atomic E-state index is 13.1. The van der Waals surface area contributed by atoms with Crippen molar-refractivity contribution in [1.29, 1.82) is 0 Å². The number of likely N-dealkylation sites (tertiary alicyclic amines) is 1. The molecule has 8 nitrogen and oxygen atoms in total. The number of hydrogen-bond donors (Lipinski definition) is 2. The molecule has 3 rings (SSSR count). The average molecular weight is 532 g/mol. The number of nitrogens with one attached hydrogen (secondary N) is 2. The largest absolute Gasteiger partial charge is 0.478 e.